The van der Waals surface area contributed by atoms with Crippen LogP contribution in [0.2, 0.25) is 5.02 Å². The number of pyridine rings is 1. The van der Waals surface area contributed by atoms with E-state index in [0.717, 1.165) is 0 Å². The number of likely N-dealkylation sites (N-methyl/N-ethyl adjacent to an activating group) is 1. The van der Waals surface area contributed by atoms with Gasteiger partial charge in [0, 0.05) is 49.2 Å². The molecule has 1 fully saturated rings. The Morgan fingerprint density at radius 1 is 1.06 bits per heavy atom. The molecule has 5 heterocycles. The highest BCUT2D eigenvalue weighted by atomic mass is 35.5. The number of fused-ring (bicyclic) bond motifs is 6. The van der Waals surface area contributed by atoms with Gasteiger partial charge in [-0.15, -0.1) is 0 Å². The lowest BCUT2D eigenvalue weighted by molar-refractivity contribution is -0.128. The van der Waals surface area contributed by atoms with Crippen molar-refractivity contribution in [1.29, 1.82) is 0 Å². The molecular formula is C37H39ClFN7O4. The molecule has 5 aromatic rings. The molecule has 0 spiro atoms. The fourth-order valence-electron chi connectivity index (χ4n) is 7.73. The first-order valence-electron chi connectivity index (χ1n) is 16.7. The maximum atomic E-state index is 18.0. The van der Waals surface area contributed by atoms with Crippen LogP contribution in [0, 0.1) is 12.7 Å². The zero-order chi connectivity index (χ0) is 35.9. The topological polar surface area (TPSA) is 121 Å². The van der Waals surface area contributed by atoms with Gasteiger partial charge >= 0.3 is 5.76 Å². The number of nitrogens with one attached hydrogen (secondary N) is 1. The lowest BCUT2D eigenvalue weighted by Gasteiger charge is -2.51. The van der Waals surface area contributed by atoms with E-state index in [1.807, 2.05) is 46.6 Å². The number of amides is 1. The van der Waals surface area contributed by atoms with Gasteiger partial charge in [-0.25, -0.2) is 19.2 Å². The second-order valence-corrected chi connectivity index (χ2v) is 14.4. The number of nitrogens with zero attached hydrogens (tertiary/aromatic N) is 6. The van der Waals surface area contributed by atoms with Crippen LogP contribution in [0.15, 0.2) is 51.2 Å². The van der Waals surface area contributed by atoms with Crippen molar-refractivity contribution >= 4 is 50.9 Å². The summed E-state index contributed by atoms with van der Waals surface area (Å²) in [7, 11) is 1.84. The maximum absolute atomic E-state index is 18.0. The average Bonchev–Trinajstić information content (AvgIpc) is 3.45. The molecule has 13 heteroatoms. The van der Waals surface area contributed by atoms with Gasteiger partial charge in [-0.3, -0.25) is 19.1 Å². The van der Waals surface area contributed by atoms with Gasteiger partial charge in [0.05, 0.1) is 44.9 Å². The third-order valence-electron chi connectivity index (χ3n) is 10.00. The molecule has 7 rings (SSSR count). The Morgan fingerprint density at radius 3 is 2.38 bits per heavy atom. The first-order chi connectivity index (χ1) is 23.7. The number of H-pyrrole nitrogens is 1. The second-order valence-electron chi connectivity index (χ2n) is 14.0. The van der Waals surface area contributed by atoms with Crippen molar-refractivity contribution in [3.05, 3.63) is 85.9 Å². The van der Waals surface area contributed by atoms with Crippen LogP contribution < -0.4 is 21.1 Å². The number of carbonyl (C=O) groups is 1. The zero-order valence-corrected chi connectivity index (χ0v) is 29.9. The van der Waals surface area contributed by atoms with Crippen LogP contribution in [-0.4, -0.2) is 69.1 Å². The number of piperazine rings is 1. The zero-order valence-electron chi connectivity index (χ0n) is 29.1. The van der Waals surface area contributed by atoms with E-state index in [1.54, 1.807) is 30.0 Å². The number of halogens is 2. The van der Waals surface area contributed by atoms with Crippen LogP contribution in [0.5, 0.6) is 0 Å². The summed E-state index contributed by atoms with van der Waals surface area (Å²) in [6, 6.07) is 4.73. The standard InChI is InChI=1S/C37H39ClFN7O4/c1-9-25(47)44-15-21-14-43(8)34-32(45(21)13-20(44)7)22-12-23(38)27(26-19(6)10-11-24-35(26)50-37(49)42-24)28(39)31(22)46(36(34)48)33-29(17(2)3)40-16-41-30(33)18(4)5/h9-12,16-18,20-21H,1,13-15H2,2-8H3,(H,42,49). The van der Waals surface area contributed by atoms with Crippen LogP contribution in [0.25, 0.3) is 38.8 Å². The van der Waals surface area contributed by atoms with Crippen LogP contribution in [-0.2, 0) is 4.79 Å². The summed E-state index contributed by atoms with van der Waals surface area (Å²) in [5.74, 6) is -1.88. The van der Waals surface area contributed by atoms with E-state index in [9.17, 15) is 9.59 Å². The number of aromatic nitrogens is 4. The van der Waals surface area contributed by atoms with Gasteiger partial charge in [0.2, 0.25) is 5.91 Å². The third kappa shape index (κ3) is 4.94. The summed E-state index contributed by atoms with van der Waals surface area (Å²) >= 11 is 7.11. The fraction of sp³-hybridized carbons (Fsp3) is 0.378. The average molecular weight is 700 g/mol. The molecule has 2 aliphatic rings. The monoisotopic (exact) mass is 699 g/mol. The highest BCUT2D eigenvalue weighted by molar-refractivity contribution is 6.35. The number of aromatic amines is 1. The van der Waals surface area contributed by atoms with E-state index in [2.05, 4.69) is 26.4 Å². The molecule has 2 aliphatic heterocycles. The minimum absolute atomic E-state index is 0.00245. The van der Waals surface area contributed by atoms with Gasteiger partial charge < -0.3 is 19.1 Å². The largest absolute Gasteiger partial charge is 0.417 e. The summed E-state index contributed by atoms with van der Waals surface area (Å²) in [6.07, 6.45) is 2.80. The highest BCUT2D eigenvalue weighted by Gasteiger charge is 2.42. The molecule has 1 N–H and O–H groups in total. The number of carbonyl (C=O) groups excluding carboxylic acids is 1. The first kappa shape index (κ1) is 33.5. The number of hydrogen-bond donors (Lipinski definition) is 1. The van der Waals surface area contributed by atoms with Crippen LogP contribution in [0.4, 0.5) is 15.8 Å². The molecule has 0 radical (unpaired) electrons. The lowest BCUT2D eigenvalue weighted by Crippen LogP contribution is -2.64. The minimum atomic E-state index is -0.751. The third-order valence-corrected chi connectivity index (χ3v) is 10.3. The number of benzene rings is 2. The van der Waals surface area contributed by atoms with Crippen molar-refractivity contribution in [3.63, 3.8) is 0 Å². The van der Waals surface area contributed by atoms with Crippen molar-refractivity contribution < 1.29 is 13.6 Å². The van der Waals surface area contributed by atoms with Crippen LogP contribution in [0.1, 0.15) is 63.4 Å². The van der Waals surface area contributed by atoms with Gasteiger partial charge in [0.1, 0.15) is 12.0 Å². The number of hydrogen-bond acceptors (Lipinski definition) is 8. The molecule has 11 nitrogen and oxygen atoms in total. The normalized spacial score (nSPS) is 17.6. The molecule has 2 aromatic carbocycles. The summed E-state index contributed by atoms with van der Waals surface area (Å²) in [5.41, 5.74) is 3.60. The molecule has 3 aromatic heterocycles. The van der Waals surface area contributed by atoms with Crippen molar-refractivity contribution in [2.24, 2.45) is 0 Å². The van der Waals surface area contributed by atoms with Crippen LogP contribution >= 0.6 is 11.6 Å². The molecule has 50 heavy (non-hydrogen) atoms. The fourth-order valence-corrected chi connectivity index (χ4v) is 8.01. The Bertz CT molecular complexity index is 2330. The lowest BCUT2D eigenvalue weighted by atomic mass is 9.94. The van der Waals surface area contributed by atoms with Crippen LogP contribution in [0.3, 0.4) is 0 Å². The van der Waals surface area contributed by atoms with E-state index in [-0.39, 0.29) is 51.5 Å². The molecule has 0 bridgehead atoms. The molecule has 1 saturated heterocycles. The van der Waals surface area contributed by atoms with Gasteiger partial charge in [0.15, 0.2) is 11.4 Å². The Kier molecular flexibility index (Phi) is 8.12. The van der Waals surface area contributed by atoms with Gasteiger partial charge in [-0.05, 0) is 49.5 Å². The quantitative estimate of drug-likeness (QED) is 0.213. The number of aryl methyl sites for hydroxylation is 1. The molecule has 2 unspecified atom stereocenters. The van der Waals surface area contributed by atoms with Gasteiger partial charge in [-0.1, -0.05) is 51.9 Å². The summed E-state index contributed by atoms with van der Waals surface area (Å²) < 4.78 is 25.0. The highest BCUT2D eigenvalue weighted by Crippen LogP contribution is 2.47. The molecule has 0 aliphatic carbocycles. The summed E-state index contributed by atoms with van der Waals surface area (Å²) in [4.78, 5) is 58.1. The molecule has 2 atom stereocenters. The van der Waals surface area contributed by atoms with Crippen molar-refractivity contribution in [2.45, 2.75) is 65.5 Å². The van der Waals surface area contributed by atoms with E-state index in [4.69, 9.17) is 16.0 Å². The Morgan fingerprint density at radius 2 is 1.74 bits per heavy atom. The van der Waals surface area contributed by atoms with E-state index in [1.165, 1.54) is 17.0 Å². The number of anilines is 2. The SMILES string of the molecule is C=CC(=O)N1CC2CN(C)c3c(c4cc(Cl)c(-c5c(C)ccc6[nH]c(=O)oc56)c(F)c4n(-c4c(C(C)C)ncnc4C(C)C)c3=O)N2CC1C. The second kappa shape index (κ2) is 12.1. The van der Waals surface area contributed by atoms with Crippen molar-refractivity contribution in [2.75, 3.05) is 36.5 Å². The summed E-state index contributed by atoms with van der Waals surface area (Å²) in [6.45, 7) is 16.5. The van der Waals surface area contributed by atoms with E-state index < -0.39 is 17.1 Å². The van der Waals surface area contributed by atoms with Crippen molar-refractivity contribution in [3.8, 4) is 16.8 Å². The maximum Gasteiger partial charge on any atom is 0.417 e. The Hall–Kier alpha value is -4.97. The Labute approximate surface area is 293 Å². The minimum Gasteiger partial charge on any atom is -0.407 e. The van der Waals surface area contributed by atoms with E-state index >= 15 is 9.18 Å². The molecule has 0 saturated carbocycles. The van der Waals surface area contributed by atoms with E-state index in [0.29, 0.717) is 70.1 Å². The number of oxazole rings is 1. The van der Waals surface area contributed by atoms with Crippen molar-refractivity contribution in [1.82, 2.24) is 24.4 Å². The van der Waals surface area contributed by atoms with Gasteiger partial charge in [0.25, 0.3) is 5.56 Å². The molecule has 1 amide bonds. The predicted molar refractivity (Wildman–Crippen MR) is 195 cm³/mol. The first-order valence-corrected chi connectivity index (χ1v) is 17.1. The summed E-state index contributed by atoms with van der Waals surface area (Å²) in [5, 5.41) is 0.504. The number of rotatable bonds is 5. The Balaban J connectivity index is 1.66. The van der Waals surface area contributed by atoms with Gasteiger partial charge in [-0.2, -0.15) is 0 Å². The predicted octanol–water partition coefficient (Wildman–Crippen LogP) is 6.27. The molecular weight excluding hydrogens is 661 g/mol. The molecule has 260 valence electrons. The smallest absolute Gasteiger partial charge is 0.407 e.